The fourth-order valence-electron chi connectivity index (χ4n) is 1.24. The van der Waals surface area contributed by atoms with E-state index in [-0.39, 0.29) is 19.2 Å². The molecule has 0 radical (unpaired) electrons. The number of nitrogens with one attached hydrogen (secondary N) is 2. The van der Waals surface area contributed by atoms with Crippen LogP contribution in [0.15, 0.2) is 0 Å². The molecule has 0 saturated heterocycles. The van der Waals surface area contributed by atoms with Crippen LogP contribution in [0.2, 0.25) is 0 Å². The Bertz CT molecular complexity index is 186. The number of hydrogen-bond acceptors (Lipinski definition) is 3. The Morgan fingerprint density at radius 2 is 2.06 bits per heavy atom. The Morgan fingerprint density at radius 1 is 1.38 bits per heavy atom. The van der Waals surface area contributed by atoms with Crippen molar-refractivity contribution in [1.29, 1.82) is 0 Å². The SMILES string of the molecule is COCC(O)CNC(=O)NCCCC(C)C. The van der Waals surface area contributed by atoms with Gasteiger partial charge in [0.2, 0.25) is 0 Å². The van der Waals surface area contributed by atoms with Crippen molar-refractivity contribution in [2.24, 2.45) is 5.92 Å². The molecular weight excluding hydrogens is 208 g/mol. The second-order valence-corrected chi connectivity index (χ2v) is 4.28. The highest BCUT2D eigenvalue weighted by Crippen LogP contribution is 2.01. The number of methoxy groups -OCH3 is 1. The average molecular weight is 232 g/mol. The topological polar surface area (TPSA) is 70.6 Å². The van der Waals surface area contributed by atoms with Crippen molar-refractivity contribution in [1.82, 2.24) is 10.6 Å². The number of carbonyl (C=O) groups excluding carboxylic acids is 1. The molecule has 5 heteroatoms. The Balaban J connectivity index is 3.37. The molecule has 0 spiro atoms. The summed E-state index contributed by atoms with van der Waals surface area (Å²) >= 11 is 0. The minimum absolute atomic E-state index is 0.212. The van der Waals surface area contributed by atoms with Gasteiger partial charge in [-0.3, -0.25) is 0 Å². The second-order valence-electron chi connectivity index (χ2n) is 4.28. The lowest BCUT2D eigenvalue weighted by Crippen LogP contribution is -2.41. The highest BCUT2D eigenvalue weighted by atomic mass is 16.5. The summed E-state index contributed by atoms with van der Waals surface area (Å²) in [5, 5.41) is 14.6. The summed E-state index contributed by atoms with van der Waals surface area (Å²) in [6.45, 7) is 5.42. The summed E-state index contributed by atoms with van der Waals surface area (Å²) in [6.07, 6.45) is 1.43. The van der Waals surface area contributed by atoms with Gasteiger partial charge in [-0.2, -0.15) is 0 Å². The smallest absolute Gasteiger partial charge is 0.314 e. The van der Waals surface area contributed by atoms with Gasteiger partial charge >= 0.3 is 6.03 Å². The van der Waals surface area contributed by atoms with Crippen molar-refractivity contribution in [3.05, 3.63) is 0 Å². The summed E-state index contributed by atoms with van der Waals surface area (Å²) in [5.74, 6) is 0.661. The Kier molecular flexibility index (Phi) is 8.94. The van der Waals surface area contributed by atoms with Gasteiger partial charge in [0.15, 0.2) is 0 Å². The first-order chi connectivity index (χ1) is 7.56. The van der Waals surface area contributed by atoms with Gasteiger partial charge in [-0.1, -0.05) is 13.8 Å². The van der Waals surface area contributed by atoms with Gasteiger partial charge in [0.1, 0.15) is 0 Å². The quantitative estimate of drug-likeness (QED) is 0.540. The molecule has 0 aliphatic heterocycles. The molecule has 16 heavy (non-hydrogen) atoms. The zero-order chi connectivity index (χ0) is 12.4. The number of aliphatic hydroxyl groups excluding tert-OH is 1. The fourth-order valence-corrected chi connectivity index (χ4v) is 1.24. The third kappa shape index (κ3) is 9.73. The van der Waals surface area contributed by atoms with E-state index in [4.69, 9.17) is 4.74 Å². The van der Waals surface area contributed by atoms with Crippen molar-refractivity contribution in [3.8, 4) is 0 Å². The molecule has 0 fully saturated rings. The maximum Gasteiger partial charge on any atom is 0.314 e. The van der Waals surface area contributed by atoms with Crippen LogP contribution >= 0.6 is 0 Å². The van der Waals surface area contributed by atoms with E-state index in [2.05, 4.69) is 24.5 Å². The van der Waals surface area contributed by atoms with Gasteiger partial charge < -0.3 is 20.5 Å². The molecule has 0 aromatic heterocycles. The Hall–Kier alpha value is -0.810. The highest BCUT2D eigenvalue weighted by Gasteiger charge is 2.05. The van der Waals surface area contributed by atoms with Crippen LogP contribution in [0.4, 0.5) is 4.79 Å². The van der Waals surface area contributed by atoms with Gasteiger partial charge in [-0.25, -0.2) is 4.79 Å². The standard InChI is InChI=1S/C11H24N2O3/c1-9(2)5-4-6-12-11(15)13-7-10(14)8-16-3/h9-10,14H,4-8H2,1-3H3,(H2,12,13,15). The van der Waals surface area contributed by atoms with E-state index in [1.54, 1.807) is 0 Å². The first-order valence-corrected chi connectivity index (χ1v) is 5.75. The lowest BCUT2D eigenvalue weighted by molar-refractivity contribution is 0.0660. The first-order valence-electron chi connectivity index (χ1n) is 5.75. The zero-order valence-corrected chi connectivity index (χ0v) is 10.5. The van der Waals surface area contributed by atoms with E-state index in [0.29, 0.717) is 12.5 Å². The van der Waals surface area contributed by atoms with Gasteiger partial charge in [0.05, 0.1) is 12.7 Å². The van der Waals surface area contributed by atoms with Gasteiger partial charge in [0.25, 0.3) is 0 Å². The van der Waals surface area contributed by atoms with Crippen LogP contribution in [0.3, 0.4) is 0 Å². The molecule has 96 valence electrons. The molecule has 3 N–H and O–H groups in total. The van der Waals surface area contributed by atoms with Crippen LogP contribution in [0.5, 0.6) is 0 Å². The van der Waals surface area contributed by atoms with Crippen LogP contribution in [0.1, 0.15) is 26.7 Å². The molecule has 0 aromatic carbocycles. The molecular formula is C11H24N2O3. The van der Waals surface area contributed by atoms with E-state index in [1.807, 2.05) is 0 Å². The number of hydrogen-bond donors (Lipinski definition) is 3. The van der Waals surface area contributed by atoms with E-state index < -0.39 is 6.10 Å². The van der Waals surface area contributed by atoms with Gasteiger partial charge in [-0.15, -0.1) is 0 Å². The van der Waals surface area contributed by atoms with E-state index in [0.717, 1.165) is 12.8 Å². The molecule has 0 bridgehead atoms. The number of rotatable bonds is 8. The molecule has 0 aromatic rings. The number of carbonyl (C=O) groups is 1. The third-order valence-electron chi connectivity index (χ3n) is 2.10. The van der Waals surface area contributed by atoms with Gasteiger partial charge in [0, 0.05) is 20.2 Å². The zero-order valence-electron chi connectivity index (χ0n) is 10.5. The summed E-state index contributed by atoms with van der Waals surface area (Å²) < 4.78 is 4.74. The van der Waals surface area contributed by atoms with Crippen LogP contribution in [-0.4, -0.2) is 44.0 Å². The van der Waals surface area contributed by atoms with E-state index in [1.165, 1.54) is 7.11 Å². The van der Waals surface area contributed by atoms with Crippen molar-refractivity contribution in [2.45, 2.75) is 32.8 Å². The lowest BCUT2D eigenvalue weighted by Gasteiger charge is -2.11. The molecule has 0 aliphatic rings. The minimum atomic E-state index is -0.647. The van der Waals surface area contributed by atoms with Crippen LogP contribution < -0.4 is 10.6 Å². The molecule has 1 atom stereocenters. The number of urea groups is 1. The normalized spacial score (nSPS) is 12.6. The predicted molar refractivity (Wildman–Crippen MR) is 63.4 cm³/mol. The Labute approximate surface area is 97.6 Å². The van der Waals surface area contributed by atoms with E-state index >= 15 is 0 Å². The Morgan fingerprint density at radius 3 is 2.62 bits per heavy atom. The van der Waals surface area contributed by atoms with Crippen LogP contribution in [-0.2, 0) is 4.74 Å². The minimum Gasteiger partial charge on any atom is -0.389 e. The summed E-state index contributed by atoms with van der Waals surface area (Å²) in [7, 11) is 1.51. The number of ether oxygens (including phenoxy) is 1. The van der Waals surface area contributed by atoms with Gasteiger partial charge in [-0.05, 0) is 18.8 Å². The first kappa shape index (κ1) is 15.2. The monoisotopic (exact) mass is 232 g/mol. The third-order valence-corrected chi connectivity index (χ3v) is 2.10. The van der Waals surface area contributed by atoms with Crippen molar-refractivity contribution < 1.29 is 14.6 Å². The van der Waals surface area contributed by atoms with Crippen LogP contribution in [0.25, 0.3) is 0 Å². The predicted octanol–water partition coefficient (Wildman–Crippen LogP) is 0.729. The maximum absolute atomic E-state index is 11.2. The molecule has 0 aliphatic carbocycles. The van der Waals surface area contributed by atoms with Crippen LogP contribution in [0, 0.1) is 5.92 Å². The molecule has 1 unspecified atom stereocenters. The molecule has 0 rings (SSSR count). The summed E-state index contributed by atoms with van der Waals surface area (Å²) in [4.78, 5) is 11.2. The number of amides is 2. The molecule has 5 nitrogen and oxygen atoms in total. The largest absolute Gasteiger partial charge is 0.389 e. The molecule has 0 saturated carbocycles. The van der Waals surface area contributed by atoms with E-state index in [9.17, 15) is 9.90 Å². The molecule has 2 amide bonds. The molecule has 0 heterocycles. The number of aliphatic hydroxyl groups is 1. The highest BCUT2D eigenvalue weighted by molar-refractivity contribution is 5.73. The maximum atomic E-state index is 11.2. The second kappa shape index (κ2) is 9.42. The summed E-state index contributed by atoms with van der Waals surface area (Å²) in [5.41, 5.74) is 0. The van der Waals surface area contributed by atoms with Crippen molar-refractivity contribution in [2.75, 3.05) is 26.8 Å². The van der Waals surface area contributed by atoms with Crippen molar-refractivity contribution in [3.63, 3.8) is 0 Å². The average Bonchev–Trinajstić information content (AvgIpc) is 2.22. The fraction of sp³-hybridized carbons (Fsp3) is 0.909. The van der Waals surface area contributed by atoms with Crippen molar-refractivity contribution >= 4 is 6.03 Å². The summed E-state index contributed by atoms with van der Waals surface area (Å²) in [6, 6.07) is -0.237. The lowest BCUT2D eigenvalue weighted by atomic mass is 10.1.